The van der Waals surface area contributed by atoms with E-state index in [0.29, 0.717) is 32.5 Å². The summed E-state index contributed by atoms with van der Waals surface area (Å²) in [6.07, 6.45) is 6.53. The van der Waals surface area contributed by atoms with Crippen molar-refractivity contribution in [3.63, 3.8) is 0 Å². The zero-order valence-corrected chi connectivity index (χ0v) is 19.2. The SMILES string of the molecule is Cc1c(NS(=O)(=O)c2cc(F)ccc2F)cccc1-c1nc2cc(-c3cncnc3)cnc2s1. The summed E-state index contributed by atoms with van der Waals surface area (Å²) < 4.78 is 55.4. The topological polar surface area (TPSA) is 97.7 Å². The molecule has 3 aromatic heterocycles. The summed E-state index contributed by atoms with van der Waals surface area (Å²) in [5.41, 5.74) is 3.80. The third-order valence-electron chi connectivity index (χ3n) is 5.13. The first-order valence-corrected chi connectivity index (χ1v) is 12.2. The van der Waals surface area contributed by atoms with Crippen LogP contribution in [0.1, 0.15) is 5.56 Å². The molecule has 0 saturated carbocycles. The van der Waals surface area contributed by atoms with E-state index in [1.807, 2.05) is 6.07 Å². The van der Waals surface area contributed by atoms with Crippen molar-refractivity contribution in [1.29, 1.82) is 0 Å². The van der Waals surface area contributed by atoms with Gasteiger partial charge in [0, 0.05) is 35.3 Å². The number of nitrogens with one attached hydrogen (secondary N) is 1. The van der Waals surface area contributed by atoms with E-state index in [1.165, 1.54) is 17.7 Å². The van der Waals surface area contributed by atoms with Gasteiger partial charge in [0.05, 0.1) is 5.69 Å². The van der Waals surface area contributed by atoms with E-state index in [-0.39, 0.29) is 5.69 Å². The van der Waals surface area contributed by atoms with Crippen molar-refractivity contribution in [2.75, 3.05) is 4.72 Å². The molecule has 0 aliphatic carbocycles. The highest BCUT2D eigenvalue weighted by Crippen LogP contribution is 2.35. The summed E-state index contributed by atoms with van der Waals surface area (Å²) >= 11 is 1.36. The molecule has 0 bridgehead atoms. The van der Waals surface area contributed by atoms with Crippen LogP contribution in [0, 0.1) is 18.6 Å². The third kappa shape index (κ3) is 4.11. The summed E-state index contributed by atoms with van der Waals surface area (Å²) in [5, 5.41) is 0.638. The van der Waals surface area contributed by atoms with E-state index in [0.717, 1.165) is 23.3 Å². The molecule has 0 spiro atoms. The van der Waals surface area contributed by atoms with Crippen LogP contribution in [0.4, 0.5) is 14.5 Å². The number of pyridine rings is 1. The van der Waals surface area contributed by atoms with E-state index in [4.69, 9.17) is 0 Å². The van der Waals surface area contributed by atoms with Crippen molar-refractivity contribution in [1.82, 2.24) is 19.9 Å². The number of halogens is 2. The van der Waals surface area contributed by atoms with Crippen molar-refractivity contribution in [3.8, 4) is 21.7 Å². The van der Waals surface area contributed by atoms with Crippen LogP contribution in [0.15, 0.2) is 72.3 Å². The molecule has 0 atom stereocenters. The molecule has 5 rings (SSSR count). The van der Waals surface area contributed by atoms with Crippen LogP contribution in [-0.2, 0) is 10.0 Å². The van der Waals surface area contributed by atoms with Crippen LogP contribution in [-0.4, -0.2) is 28.4 Å². The molecule has 1 N–H and O–H groups in total. The average molecular weight is 496 g/mol. The molecular formula is C23H15F2N5O2S2. The lowest BCUT2D eigenvalue weighted by Gasteiger charge is -2.13. The van der Waals surface area contributed by atoms with Crippen molar-refractivity contribution >= 4 is 37.4 Å². The Morgan fingerprint density at radius 3 is 2.56 bits per heavy atom. The van der Waals surface area contributed by atoms with Gasteiger partial charge in [0.15, 0.2) is 0 Å². The van der Waals surface area contributed by atoms with Gasteiger partial charge < -0.3 is 0 Å². The molecule has 3 heterocycles. The molecular weight excluding hydrogens is 480 g/mol. The van der Waals surface area contributed by atoms with Gasteiger partial charge in [-0.3, -0.25) is 4.72 Å². The van der Waals surface area contributed by atoms with E-state index < -0.39 is 26.6 Å². The number of aromatic nitrogens is 4. The van der Waals surface area contributed by atoms with Gasteiger partial charge >= 0.3 is 0 Å². The Balaban J connectivity index is 1.52. The molecule has 0 aliphatic heterocycles. The minimum atomic E-state index is -4.36. The third-order valence-corrected chi connectivity index (χ3v) is 7.53. The number of hydrogen-bond acceptors (Lipinski definition) is 7. The average Bonchev–Trinajstić information content (AvgIpc) is 3.25. The highest BCUT2D eigenvalue weighted by Gasteiger charge is 2.22. The van der Waals surface area contributed by atoms with E-state index in [9.17, 15) is 17.2 Å². The van der Waals surface area contributed by atoms with Gasteiger partial charge in [-0.25, -0.2) is 37.1 Å². The Kier molecular flexibility index (Phi) is 5.50. The molecule has 0 radical (unpaired) electrons. The second-order valence-electron chi connectivity index (χ2n) is 7.35. The largest absolute Gasteiger partial charge is 0.279 e. The molecule has 170 valence electrons. The number of hydrogen-bond donors (Lipinski definition) is 1. The minimum Gasteiger partial charge on any atom is -0.279 e. The molecule has 0 amide bonds. The second kappa shape index (κ2) is 8.50. The van der Waals surface area contributed by atoms with Gasteiger partial charge in [-0.2, -0.15) is 0 Å². The standard InChI is InChI=1S/C23H15F2N5O2S2/c1-13-17(3-2-4-19(13)30-34(31,32)21-8-16(24)5-6-18(21)25)22-29-20-7-14(11-28-23(20)33-22)15-9-26-12-27-10-15/h2-12,30H,1H3. The van der Waals surface area contributed by atoms with Gasteiger partial charge in [-0.05, 0) is 42.8 Å². The maximum Gasteiger partial charge on any atom is 0.264 e. The van der Waals surface area contributed by atoms with Crippen LogP contribution in [0.25, 0.3) is 32.0 Å². The highest BCUT2D eigenvalue weighted by molar-refractivity contribution is 7.92. The predicted molar refractivity (Wildman–Crippen MR) is 126 cm³/mol. The molecule has 0 unspecified atom stereocenters. The van der Waals surface area contributed by atoms with Crippen molar-refractivity contribution in [2.24, 2.45) is 0 Å². The van der Waals surface area contributed by atoms with Crippen molar-refractivity contribution in [2.45, 2.75) is 11.8 Å². The van der Waals surface area contributed by atoms with E-state index in [1.54, 1.807) is 43.7 Å². The molecule has 11 heteroatoms. The number of rotatable bonds is 5. The van der Waals surface area contributed by atoms with E-state index in [2.05, 4.69) is 24.7 Å². The first kappa shape index (κ1) is 22.0. The molecule has 34 heavy (non-hydrogen) atoms. The first-order valence-electron chi connectivity index (χ1n) is 9.92. The summed E-state index contributed by atoms with van der Waals surface area (Å²) in [7, 11) is -4.36. The maximum absolute atomic E-state index is 14.1. The monoisotopic (exact) mass is 495 g/mol. The second-order valence-corrected chi connectivity index (χ2v) is 9.98. The Hall–Kier alpha value is -3.83. The molecule has 2 aromatic carbocycles. The van der Waals surface area contributed by atoms with Gasteiger partial charge in [0.1, 0.15) is 38.2 Å². The number of thiazole rings is 1. The molecule has 0 aliphatic rings. The van der Waals surface area contributed by atoms with Gasteiger partial charge in [0.2, 0.25) is 0 Å². The minimum absolute atomic E-state index is 0.232. The van der Waals surface area contributed by atoms with E-state index >= 15 is 0 Å². The first-order chi connectivity index (χ1) is 16.3. The Labute approximate surface area is 197 Å². The van der Waals surface area contributed by atoms with Crippen LogP contribution in [0.2, 0.25) is 0 Å². The van der Waals surface area contributed by atoms with Crippen molar-refractivity contribution < 1.29 is 17.2 Å². The van der Waals surface area contributed by atoms with Crippen LogP contribution >= 0.6 is 11.3 Å². The van der Waals surface area contributed by atoms with Crippen LogP contribution in [0.3, 0.4) is 0 Å². The van der Waals surface area contributed by atoms with Crippen molar-refractivity contribution in [3.05, 3.63) is 84.6 Å². The zero-order chi connectivity index (χ0) is 23.9. The number of benzene rings is 2. The summed E-state index contributed by atoms with van der Waals surface area (Å²) in [4.78, 5) is 17.1. The number of nitrogens with zero attached hydrogens (tertiary/aromatic N) is 4. The normalized spacial score (nSPS) is 11.6. The van der Waals surface area contributed by atoms with Gasteiger partial charge in [-0.15, -0.1) is 0 Å². The maximum atomic E-state index is 14.1. The summed E-state index contributed by atoms with van der Waals surface area (Å²) in [5.74, 6) is -1.89. The smallest absolute Gasteiger partial charge is 0.264 e. The molecule has 0 fully saturated rings. The Morgan fingerprint density at radius 1 is 0.971 bits per heavy atom. The lowest BCUT2D eigenvalue weighted by molar-refractivity contribution is 0.555. The number of sulfonamides is 1. The lowest BCUT2D eigenvalue weighted by atomic mass is 10.1. The highest BCUT2D eigenvalue weighted by atomic mass is 32.2. The molecule has 7 nitrogen and oxygen atoms in total. The Bertz CT molecular complexity index is 1640. The lowest BCUT2D eigenvalue weighted by Crippen LogP contribution is -2.15. The van der Waals surface area contributed by atoms with Crippen LogP contribution in [0.5, 0.6) is 0 Å². The van der Waals surface area contributed by atoms with Gasteiger partial charge in [-0.1, -0.05) is 23.5 Å². The fourth-order valence-electron chi connectivity index (χ4n) is 3.41. The summed E-state index contributed by atoms with van der Waals surface area (Å²) in [6, 6.07) is 9.18. The number of anilines is 1. The van der Waals surface area contributed by atoms with Crippen LogP contribution < -0.4 is 4.72 Å². The quantitative estimate of drug-likeness (QED) is 0.360. The predicted octanol–water partition coefficient (Wildman–Crippen LogP) is 5.20. The summed E-state index contributed by atoms with van der Waals surface area (Å²) in [6.45, 7) is 1.72. The fraction of sp³-hybridized carbons (Fsp3) is 0.0435. The van der Waals surface area contributed by atoms with Gasteiger partial charge in [0.25, 0.3) is 10.0 Å². The Morgan fingerprint density at radius 2 is 1.76 bits per heavy atom. The molecule has 0 saturated heterocycles. The molecule has 5 aromatic rings. The fourth-order valence-corrected chi connectivity index (χ4v) is 5.59. The number of fused-ring (bicyclic) bond motifs is 1. The zero-order valence-electron chi connectivity index (χ0n) is 17.5.